The summed E-state index contributed by atoms with van der Waals surface area (Å²) in [6.07, 6.45) is 3.76. The second-order valence-electron chi connectivity index (χ2n) is 9.31. The first-order chi connectivity index (χ1) is 15.2. The lowest BCUT2D eigenvalue weighted by molar-refractivity contribution is 0.205. The molecule has 2 heterocycles. The van der Waals surface area contributed by atoms with Gasteiger partial charge in [-0.2, -0.15) is 5.10 Å². The molecule has 0 fully saturated rings. The number of aromatic amines is 1. The van der Waals surface area contributed by atoms with Gasteiger partial charge >= 0.3 is 0 Å². The highest BCUT2D eigenvalue weighted by atomic mass is 19.1. The van der Waals surface area contributed by atoms with Crippen molar-refractivity contribution in [3.8, 4) is 11.3 Å². The molecular weight excluding hydrogens is 399 g/mol. The summed E-state index contributed by atoms with van der Waals surface area (Å²) in [6, 6.07) is 10.5. The monoisotopic (exact) mass is 434 g/mol. The molecule has 0 unspecified atom stereocenters. The van der Waals surface area contributed by atoms with Crippen LogP contribution < -0.4 is 0 Å². The van der Waals surface area contributed by atoms with Gasteiger partial charge in [0.1, 0.15) is 5.67 Å². The first kappa shape index (κ1) is 23.7. The van der Waals surface area contributed by atoms with Crippen LogP contribution in [0, 0.1) is 5.92 Å². The van der Waals surface area contributed by atoms with Crippen LogP contribution in [0.3, 0.4) is 0 Å². The SMILES string of the molecule is C=C=C1C(C(CCC(C)(C)F)=NC)=C(C(C)C)CCN1Cc1ccc(-c2ccn[nH]2)cc1. The van der Waals surface area contributed by atoms with E-state index in [1.807, 2.05) is 6.07 Å². The lowest BCUT2D eigenvalue weighted by Crippen LogP contribution is -2.33. The van der Waals surface area contributed by atoms with Gasteiger partial charge in [-0.3, -0.25) is 10.1 Å². The van der Waals surface area contributed by atoms with Crippen LogP contribution in [0.2, 0.25) is 0 Å². The highest BCUT2D eigenvalue weighted by Gasteiger charge is 2.29. The molecule has 1 aromatic carbocycles. The maximum atomic E-state index is 14.3. The molecule has 0 aliphatic carbocycles. The van der Waals surface area contributed by atoms with Crippen LogP contribution in [0.5, 0.6) is 0 Å². The fourth-order valence-corrected chi connectivity index (χ4v) is 4.25. The van der Waals surface area contributed by atoms with Gasteiger partial charge in [0, 0.05) is 37.6 Å². The highest BCUT2D eigenvalue weighted by molar-refractivity contribution is 6.04. The number of aliphatic imine (C=N–C) groups is 1. The Bertz CT molecular complexity index is 1010. The molecular formula is C27H35FN4. The van der Waals surface area contributed by atoms with Crippen LogP contribution in [0.1, 0.15) is 52.5 Å². The largest absolute Gasteiger partial charge is 0.360 e. The molecule has 0 spiro atoms. The summed E-state index contributed by atoms with van der Waals surface area (Å²) >= 11 is 0. The third kappa shape index (κ3) is 5.66. The van der Waals surface area contributed by atoms with Gasteiger partial charge in [0.15, 0.2) is 0 Å². The molecule has 0 saturated heterocycles. The predicted octanol–water partition coefficient (Wildman–Crippen LogP) is 6.50. The van der Waals surface area contributed by atoms with E-state index in [9.17, 15) is 4.39 Å². The van der Waals surface area contributed by atoms with E-state index >= 15 is 0 Å². The first-order valence-electron chi connectivity index (χ1n) is 11.4. The molecule has 1 aliphatic heterocycles. The minimum absolute atomic E-state index is 0.388. The number of hydrogen-bond donors (Lipinski definition) is 1. The van der Waals surface area contributed by atoms with Crippen molar-refractivity contribution in [2.24, 2.45) is 10.9 Å². The Morgan fingerprint density at radius 3 is 2.53 bits per heavy atom. The Morgan fingerprint density at radius 2 is 2.00 bits per heavy atom. The molecule has 0 atom stereocenters. The van der Waals surface area contributed by atoms with Gasteiger partial charge in [-0.25, -0.2) is 4.39 Å². The summed E-state index contributed by atoms with van der Waals surface area (Å²) in [7, 11) is 1.80. The highest BCUT2D eigenvalue weighted by Crippen LogP contribution is 2.35. The molecule has 5 heteroatoms. The van der Waals surface area contributed by atoms with E-state index in [0.29, 0.717) is 18.8 Å². The van der Waals surface area contributed by atoms with Gasteiger partial charge in [0.2, 0.25) is 0 Å². The molecule has 1 aromatic heterocycles. The van der Waals surface area contributed by atoms with Crippen molar-refractivity contribution in [2.75, 3.05) is 13.6 Å². The average molecular weight is 435 g/mol. The Balaban J connectivity index is 1.87. The van der Waals surface area contributed by atoms with Gasteiger partial charge in [0.05, 0.1) is 11.4 Å². The number of H-pyrrole nitrogens is 1. The zero-order valence-electron chi connectivity index (χ0n) is 20.0. The van der Waals surface area contributed by atoms with E-state index in [2.05, 4.69) is 70.5 Å². The minimum atomic E-state index is -1.22. The molecule has 4 nitrogen and oxygen atoms in total. The molecule has 170 valence electrons. The summed E-state index contributed by atoms with van der Waals surface area (Å²) in [5.41, 5.74) is 9.72. The van der Waals surface area contributed by atoms with Crippen molar-refractivity contribution < 1.29 is 4.39 Å². The van der Waals surface area contributed by atoms with Gasteiger partial charge in [-0.15, -0.1) is 5.73 Å². The van der Waals surface area contributed by atoms with Gasteiger partial charge in [-0.1, -0.05) is 50.3 Å². The van der Waals surface area contributed by atoms with Crippen molar-refractivity contribution in [3.63, 3.8) is 0 Å². The molecule has 0 radical (unpaired) electrons. The van der Waals surface area contributed by atoms with Crippen molar-refractivity contribution in [3.05, 3.63) is 71.2 Å². The van der Waals surface area contributed by atoms with Crippen molar-refractivity contribution in [2.45, 2.75) is 59.2 Å². The molecule has 1 N–H and O–H groups in total. The van der Waals surface area contributed by atoms with E-state index in [0.717, 1.165) is 47.7 Å². The zero-order chi connectivity index (χ0) is 23.3. The first-order valence-corrected chi connectivity index (χ1v) is 11.4. The number of nitrogens with one attached hydrogen (secondary N) is 1. The van der Waals surface area contributed by atoms with E-state index in [-0.39, 0.29) is 0 Å². The molecule has 32 heavy (non-hydrogen) atoms. The van der Waals surface area contributed by atoms with Gasteiger partial charge < -0.3 is 4.90 Å². The van der Waals surface area contributed by atoms with Crippen LogP contribution in [0.4, 0.5) is 4.39 Å². The normalized spacial score (nSPS) is 15.5. The molecule has 3 rings (SSSR count). The Labute approximate surface area is 191 Å². The Hall–Kier alpha value is -2.91. The third-order valence-corrected chi connectivity index (χ3v) is 6.04. The maximum absolute atomic E-state index is 14.3. The zero-order valence-corrected chi connectivity index (χ0v) is 20.0. The van der Waals surface area contributed by atoms with E-state index in [4.69, 9.17) is 0 Å². The topological polar surface area (TPSA) is 44.3 Å². The molecule has 0 amide bonds. The van der Waals surface area contributed by atoms with E-state index < -0.39 is 5.67 Å². The summed E-state index contributed by atoms with van der Waals surface area (Å²) in [5, 5.41) is 7.03. The van der Waals surface area contributed by atoms with E-state index in [1.165, 1.54) is 11.1 Å². The number of aromatic nitrogens is 2. The minimum Gasteiger partial charge on any atom is -0.360 e. The number of allylic oxidation sites excluding steroid dienone is 1. The number of hydrogen-bond acceptors (Lipinski definition) is 3. The number of halogens is 1. The number of benzene rings is 1. The molecule has 0 saturated carbocycles. The van der Waals surface area contributed by atoms with Crippen LogP contribution in [-0.4, -0.2) is 40.1 Å². The Kier molecular flexibility index (Phi) is 7.52. The number of rotatable bonds is 8. The van der Waals surface area contributed by atoms with Crippen LogP contribution >= 0.6 is 0 Å². The predicted molar refractivity (Wildman–Crippen MR) is 131 cm³/mol. The van der Waals surface area contributed by atoms with Crippen molar-refractivity contribution in [1.82, 2.24) is 15.1 Å². The number of nitrogens with zero attached hydrogens (tertiary/aromatic N) is 3. The van der Waals surface area contributed by atoms with Gasteiger partial charge in [-0.05, 0) is 56.2 Å². The van der Waals surface area contributed by atoms with Crippen LogP contribution in [-0.2, 0) is 6.54 Å². The maximum Gasteiger partial charge on any atom is 0.105 e. The summed E-state index contributed by atoms with van der Waals surface area (Å²) < 4.78 is 14.3. The van der Waals surface area contributed by atoms with Crippen molar-refractivity contribution >= 4 is 5.71 Å². The summed E-state index contributed by atoms with van der Waals surface area (Å²) in [5.74, 6) is 0.388. The molecule has 1 aliphatic rings. The van der Waals surface area contributed by atoms with Crippen LogP contribution in [0.15, 0.2) is 70.7 Å². The summed E-state index contributed by atoms with van der Waals surface area (Å²) in [6.45, 7) is 13.4. The smallest absolute Gasteiger partial charge is 0.105 e. The summed E-state index contributed by atoms with van der Waals surface area (Å²) in [4.78, 5) is 6.92. The van der Waals surface area contributed by atoms with Crippen molar-refractivity contribution in [1.29, 1.82) is 0 Å². The molecule has 0 bridgehead atoms. The lowest BCUT2D eigenvalue weighted by Gasteiger charge is -2.36. The van der Waals surface area contributed by atoms with Crippen LogP contribution in [0.25, 0.3) is 11.3 Å². The molecule has 2 aromatic rings. The Morgan fingerprint density at radius 1 is 1.28 bits per heavy atom. The fourth-order valence-electron chi connectivity index (χ4n) is 4.25. The van der Waals surface area contributed by atoms with Gasteiger partial charge in [0.25, 0.3) is 0 Å². The second-order valence-corrected chi connectivity index (χ2v) is 9.31. The quantitative estimate of drug-likeness (QED) is 0.380. The third-order valence-electron chi connectivity index (χ3n) is 6.04. The van der Waals surface area contributed by atoms with E-state index in [1.54, 1.807) is 27.1 Å². The lowest BCUT2D eigenvalue weighted by atomic mass is 9.84. The average Bonchev–Trinajstić information content (AvgIpc) is 3.29. The second kappa shape index (κ2) is 10.1. The standard InChI is InChI=1S/C27H35FN4/c1-7-25-26(24(29-6)12-15-27(4,5)28)22(19(2)3)14-17-32(25)18-20-8-10-21(11-9-20)23-13-16-30-31-23/h8-11,13,16,19H,1,12,14-15,17-18H2,2-6H3,(H,30,31). The number of alkyl halides is 1. The fraction of sp³-hybridized carbons (Fsp3) is 0.444.